The number of benzene rings is 2. The minimum absolute atomic E-state index is 0.0618. The van der Waals surface area contributed by atoms with Crippen LogP contribution in [-0.2, 0) is 16.1 Å². The minimum Gasteiger partial charge on any atom is -0.481 e. The summed E-state index contributed by atoms with van der Waals surface area (Å²) in [7, 11) is 0. The van der Waals surface area contributed by atoms with E-state index in [1.807, 2.05) is 6.07 Å². The predicted octanol–water partition coefficient (Wildman–Crippen LogP) is 2.77. The van der Waals surface area contributed by atoms with E-state index in [9.17, 15) is 9.59 Å². The Labute approximate surface area is 185 Å². The van der Waals surface area contributed by atoms with Crippen molar-refractivity contribution in [2.24, 2.45) is 0 Å². The summed E-state index contributed by atoms with van der Waals surface area (Å²) in [5.74, 6) is 0.672. The summed E-state index contributed by atoms with van der Waals surface area (Å²) < 4.78 is 11.6. The number of carbonyl (C=O) groups is 1. The van der Waals surface area contributed by atoms with Crippen molar-refractivity contribution >= 4 is 16.8 Å². The zero-order chi connectivity index (χ0) is 22.5. The average Bonchev–Trinajstić information content (AvgIpc) is 3.32. The number of nitrogens with zero attached hydrogens (tertiary/aromatic N) is 3. The Hall–Kier alpha value is -3.70. The first-order chi connectivity index (χ1) is 15.5. The first-order valence-corrected chi connectivity index (χ1v) is 10.6. The van der Waals surface area contributed by atoms with Crippen molar-refractivity contribution in [2.45, 2.75) is 38.5 Å². The molecule has 8 nitrogen and oxygen atoms in total. The van der Waals surface area contributed by atoms with Crippen LogP contribution >= 0.6 is 0 Å². The fourth-order valence-electron chi connectivity index (χ4n) is 3.78. The smallest absolute Gasteiger partial charge is 0.263 e. The van der Waals surface area contributed by atoms with E-state index in [2.05, 4.69) is 16.0 Å². The number of aromatic nitrogens is 2. The second-order valence-electron chi connectivity index (χ2n) is 7.78. The molecule has 0 saturated carbocycles. The van der Waals surface area contributed by atoms with Crippen molar-refractivity contribution in [3.63, 3.8) is 0 Å². The number of rotatable bonds is 7. The largest absolute Gasteiger partial charge is 0.481 e. The molecule has 2 unspecified atom stereocenters. The zero-order valence-electron chi connectivity index (χ0n) is 17.8. The van der Waals surface area contributed by atoms with E-state index in [4.69, 9.17) is 14.7 Å². The maximum Gasteiger partial charge on any atom is 0.263 e. The average molecular weight is 432 g/mol. The van der Waals surface area contributed by atoms with E-state index in [1.54, 1.807) is 54.3 Å². The Morgan fingerprint density at radius 2 is 2.09 bits per heavy atom. The number of ether oxygens (including phenoxy) is 2. The third kappa shape index (κ3) is 4.95. The van der Waals surface area contributed by atoms with Gasteiger partial charge < -0.3 is 19.4 Å². The second kappa shape index (κ2) is 9.62. The van der Waals surface area contributed by atoms with E-state index in [0.29, 0.717) is 41.2 Å². The molecule has 164 valence electrons. The number of para-hydroxylation sites is 1. The van der Waals surface area contributed by atoms with Gasteiger partial charge in [-0.25, -0.2) is 4.98 Å². The monoisotopic (exact) mass is 432 g/mol. The highest BCUT2D eigenvalue weighted by molar-refractivity contribution is 5.81. The van der Waals surface area contributed by atoms with E-state index >= 15 is 0 Å². The number of hydrogen-bond donors (Lipinski definition) is 1. The minimum atomic E-state index is -0.767. The van der Waals surface area contributed by atoms with E-state index in [0.717, 1.165) is 12.8 Å². The molecule has 1 saturated heterocycles. The van der Waals surface area contributed by atoms with Crippen molar-refractivity contribution < 1.29 is 14.3 Å². The lowest BCUT2D eigenvalue weighted by Crippen LogP contribution is -2.44. The molecule has 3 aromatic rings. The molecule has 1 fully saturated rings. The Bertz CT molecular complexity index is 1190. The molecule has 1 aliphatic rings. The second-order valence-corrected chi connectivity index (χ2v) is 7.78. The summed E-state index contributed by atoms with van der Waals surface area (Å²) in [6, 6.07) is 15.8. The van der Waals surface area contributed by atoms with Crippen LogP contribution in [0.25, 0.3) is 10.9 Å². The molecule has 32 heavy (non-hydrogen) atoms. The standard InChI is InChI=1S/C24H24N4O4/c1-16(32-18-10-8-17(13-25)9-11-18)24(30)28(14-19-5-4-12-31-19)15-22-26-21-7-3-2-6-20(21)23(29)27-22/h2-3,6-11,16,19H,4-5,12,14-15H2,1H3,(H,26,27,29). The molecule has 1 aliphatic heterocycles. The molecule has 0 bridgehead atoms. The van der Waals surface area contributed by atoms with Crippen LogP contribution in [0.3, 0.4) is 0 Å². The van der Waals surface area contributed by atoms with Crippen molar-refractivity contribution in [1.29, 1.82) is 5.26 Å². The van der Waals surface area contributed by atoms with Crippen molar-refractivity contribution in [2.75, 3.05) is 13.2 Å². The summed E-state index contributed by atoms with van der Waals surface area (Å²) >= 11 is 0. The van der Waals surface area contributed by atoms with Gasteiger partial charge in [0.25, 0.3) is 11.5 Å². The summed E-state index contributed by atoms with van der Waals surface area (Å²) in [4.78, 5) is 34.7. The number of aromatic amines is 1. The van der Waals surface area contributed by atoms with Crippen LogP contribution in [0.5, 0.6) is 5.75 Å². The van der Waals surface area contributed by atoms with Crippen LogP contribution in [0.15, 0.2) is 53.3 Å². The van der Waals surface area contributed by atoms with Crippen LogP contribution in [0.2, 0.25) is 0 Å². The van der Waals surface area contributed by atoms with Crippen LogP contribution in [-0.4, -0.2) is 46.1 Å². The molecule has 0 spiro atoms. The maximum atomic E-state index is 13.3. The highest BCUT2D eigenvalue weighted by Crippen LogP contribution is 2.18. The first kappa shape index (κ1) is 21.5. The number of amides is 1. The lowest BCUT2D eigenvalue weighted by atomic mass is 10.2. The normalized spacial score (nSPS) is 16.4. The Morgan fingerprint density at radius 3 is 2.81 bits per heavy atom. The topological polar surface area (TPSA) is 108 Å². The van der Waals surface area contributed by atoms with Gasteiger partial charge in [0.1, 0.15) is 11.6 Å². The first-order valence-electron chi connectivity index (χ1n) is 10.6. The quantitative estimate of drug-likeness (QED) is 0.615. The van der Waals surface area contributed by atoms with Crippen LogP contribution in [0.4, 0.5) is 0 Å². The van der Waals surface area contributed by atoms with Gasteiger partial charge in [0.05, 0.1) is 35.2 Å². The van der Waals surface area contributed by atoms with Crippen molar-refractivity contribution in [3.05, 3.63) is 70.3 Å². The van der Waals surface area contributed by atoms with Gasteiger partial charge in [-0.1, -0.05) is 12.1 Å². The molecule has 8 heteroatoms. The van der Waals surface area contributed by atoms with E-state index < -0.39 is 6.10 Å². The molecule has 0 aliphatic carbocycles. The van der Waals surface area contributed by atoms with Gasteiger partial charge in [0.2, 0.25) is 0 Å². The van der Waals surface area contributed by atoms with Crippen molar-refractivity contribution in [3.8, 4) is 11.8 Å². The summed E-state index contributed by atoms with van der Waals surface area (Å²) in [6.07, 6.45) is 0.996. The molecule has 2 aromatic carbocycles. The van der Waals surface area contributed by atoms with Gasteiger partial charge in [-0.05, 0) is 56.2 Å². The van der Waals surface area contributed by atoms with Gasteiger partial charge in [0, 0.05) is 13.2 Å². The Kier molecular flexibility index (Phi) is 6.47. The molecular weight excluding hydrogens is 408 g/mol. The fourth-order valence-corrected chi connectivity index (χ4v) is 3.78. The number of nitriles is 1. The number of carbonyl (C=O) groups excluding carboxylic acids is 1. The van der Waals surface area contributed by atoms with Gasteiger partial charge in [-0.3, -0.25) is 9.59 Å². The molecule has 1 N–H and O–H groups in total. The zero-order valence-corrected chi connectivity index (χ0v) is 17.8. The number of H-pyrrole nitrogens is 1. The van der Waals surface area contributed by atoms with E-state index in [-0.39, 0.29) is 24.1 Å². The molecule has 4 rings (SSSR count). The van der Waals surface area contributed by atoms with E-state index in [1.165, 1.54) is 0 Å². The maximum absolute atomic E-state index is 13.3. The van der Waals surface area contributed by atoms with Gasteiger partial charge in [-0.15, -0.1) is 0 Å². The Balaban J connectivity index is 1.54. The molecule has 1 aromatic heterocycles. The van der Waals surface area contributed by atoms with Gasteiger partial charge in [0.15, 0.2) is 6.10 Å². The number of nitrogens with one attached hydrogen (secondary N) is 1. The van der Waals surface area contributed by atoms with Gasteiger partial charge in [-0.2, -0.15) is 5.26 Å². The summed E-state index contributed by atoms with van der Waals surface area (Å²) in [5.41, 5.74) is 0.859. The van der Waals surface area contributed by atoms with Gasteiger partial charge >= 0.3 is 0 Å². The third-order valence-corrected chi connectivity index (χ3v) is 5.41. The Morgan fingerprint density at radius 1 is 1.31 bits per heavy atom. The molecule has 2 heterocycles. The highest BCUT2D eigenvalue weighted by atomic mass is 16.5. The predicted molar refractivity (Wildman–Crippen MR) is 118 cm³/mol. The van der Waals surface area contributed by atoms with Crippen LogP contribution in [0.1, 0.15) is 31.2 Å². The third-order valence-electron chi connectivity index (χ3n) is 5.41. The highest BCUT2D eigenvalue weighted by Gasteiger charge is 2.27. The summed E-state index contributed by atoms with van der Waals surface area (Å²) in [6.45, 7) is 2.88. The lowest BCUT2D eigenvalue weighted by Gasteiger charge is -2.28. The van der Waals surface area contributed by atoms with Crippen molar-refractivity contribution in [1.82, 2.24) is 14.9 Å². The number of hydrogen-bond acceptors (Lipinski definition) is 6. The fraction of sp³-hybridized carbons (Fsp3) is 0.333. The number of fused-ring (bicyclic) bond motifs is 1. The molecule has 2 atom stereocenters. The molecule has 0 radical (unpaired) electrons. The molecule has 1 amide bonds. The van der Waals surface area contributed by atoms with Crippen LogP contribution < -0.4 is 10.3 Å². The van der Waals surface area contributed by atoms with Crippen LogP contribution in [0, 0.1) is 11.3 Å². The molecular formula is C24H24N4O4. The SMILES string of the molecule is CC(Oc1ccc(C#N)cc1)C(=O)N(Cc1nc2ccccc2c(=O)[nH]1)CC1CCCO1. The summed E-state index contributed by atoms with van der Waals surface area (Å²) in [5, 5.41) is 9.44. The lowest BCUT2D eigenvalue weighted by molar-refractivity contribution is -0.140.